The van der Waals surface area contributed by atoms with E-state index in [0.717, 1.165) is 11.1 Å². The van der Waals surface area contributed by atoms with Crippen LogP contribution in [0.2, 0.25) is 0 Å². The minimum absolute atomic E-state index is 0.0350. The van der Waals surface area contributed by atoms with Gasteiger partial charge in [-0.2, -0.15) is 4.99 Å². The fraction of sp³-hybridized carbons (Fsp3) is 0.0455. The van der Waals surface area contributed by atoms with Gasteiger partial charge in [0.05, 0.1) is 4.92 Å². The maximum Gasteiger partial charge on any atom is 0.271 e. The van der Waals surface area contributed by atoms with Crippen LogP contribution >= 0.6 is 0 Å². The summed E-state index contributed by atoms with van der Waals surface area (Å²) in [6.45, 7) is 0.632. The van der Waals surface area contributed by atoms with Crippen LogP contribution in [0.5, 0.6) is 0 Å². The van der Waals surface area contributed by atoms with Crippen molar-refractivity contribution in [2.24, 2.45) is 9.98 Å². The predicted octanol–water partition coefficient (Wildman–Crippen LogP) is 3.88. The normalized spacial score (nSPS) is 16.3. The number of hydrogen-bond acceptors (Lipinski definition) is 4. The summed E-state index contributed by atoms with van der Waals surface area (Å²) in [6, 6.07) is 13.7. The number of carbonyl (C=O) groups is 1. The number of benzene rings is 2. The Morgan fingerprint density at radius 3 is 2.90 bits per heavy atom. The summed E-state index contributed by atoms with van der Waals surface area (Å²) in [5.74, 6) is 0.555. The highest BCUT2D eigenvalue weighted by atomic mass is 16.6. The summed E-state index contributed by atoms with van der Waals surface area (Å²) in [4.78, 5) is 33.6. The first-order chi connectivity index (χ1) is 14.1. The molecule has 0 unspecified atom stereocenters. The lowest BCUT2D eigenvalue weighted by atomic mass is 10.1. The Balaban J connectivity index is 1.66. The summed E-state index contributed by atoms with van der Waals surface area (Å²) in [5, 5.41) is 10.9. The zero-order valence-corrected chi connectivity index (χ0v) is 15.3. The molecule has 142 valence electrons. The van der Waals surface area contributed by atoms with Crippen molar-refractivity contribution in [3.63, 3.8) is 0 Å². The SMILES string of the molecule is O=C(/C=C/c1cccc([N+](=O)[O-])c1)N=C1N=C2C=CC=CN2Cc2ccccc21. The smallest absolute Gasteiger partial charge is 0.271 e. The summed E-state index contributed by atoms with van der Waals surface area (Å²) < 4.78 is 0. The molecule has 0 aromatic heterocycles. The molecule has 0 aliphatic carbocycles. The number of hydrogen-bond donors (Lipinski definition) is 0. The van der Waals surface area contributed by atoms with E-state index in [1.54, 1.807) is 12.1 Å². The van der Waals surface area contributed by atoms with Gasteiger partial charge in [-0.25, -0.2) is 4.99 Å². The monoisotopic (exact) mass is 384 g/mol. The Hall–Kier alpha value is -4.13. The van der Waals surface area contributed by atoms with Crippen molar-refractivity contribution in [1.82, 2.24) is 4.90 Å². The number of amidine groups is 2. The third-order valence-corrected chi connectivity index (χ3v) is 4.45. The second-order valence-electron chi connectivity index (χ2n) is 6.41. The van der Waals surface area contributed by atoms with E-state index in [2.05, 4.69) is 9.98 Å². The highest BCUT2D eigenvalue weighted by molar-refractivity contribution is 6.15. The molecule has 0 radical (unpaired) electrons. The lowest BCUT2D eigenvalue weighted by Crippen LogP contribution is -2.24. The minimum Gasteiger partial charge on any atom is -0.329 e. The quantitative estimate of drug-likeness (QED) is 0.456. The fourth-order valence-electron chi connectivity index (χ4n) is 3.07. The van der Waals surface area contributed by atoms with Crippen LogP contribution in [-0.4, -0.2) is 27.4 Å². The molecular formula is C22H16N4O3. The Morgan fingerprint density at radius 2 is 2.03 bits per heavy atom. The van der Waals surface area contributed by atoms with Crippen LogP contribution < -0.4 is 0 Å². The molecule has 2 aromatic rings. The zero-order chi connectivity index (χ0) is 20.2. The van der Waals surface area contributed by atoms with E-state index in [9.17, 15) is 14.9 Å². The number of non-ortho nitro benzene ring substituents is 1. The van der Waals surface area contributed by atoms with Crippen molar-refractivity contribution in [3.8, 4) is 0 Å². The van der Waals surface area contributed by atoms with E-state index < -0.39 is 10.8 Å². The van der Waals surface area contributed by atoms with Gasteiger partial charge in [-0.15, -0.1) is 0 Å². The largest absolute Gasteiger partial charge is 0.329 e. The van der Waals surface area contributed by atoms with Crippen molar-refractivity contribution in [2.75, 3.05) is 0 Å². The van der Waals surface area contributed by atoms with E-state index in [4.69, 9.17) is 0 Å². The van der Waals surface area contributed by atoms with Gasteiger partial charge in [0, 0.05) is 36.5 Å². The van der Waals surface area contributed by atoms with Gasteiger partial charge in [0.2, 0.25) is 0 Å². The Labute approximate surface area is 166 Å². The molecule has 0 bridgehead atoms. The van der Waals surface area contributed by atoms with E-state index in [1.807, 2.05) is 53.6 Å². The minimum atomic E-state index is -0.491. The van der Waals surface area contributed by atoms with E-state index in [0.29, 0.717) is 23.8 Å². The molecule has 2 aromatic carbocycles. The summed E-state index contributed by atoms with van der Waals surface area (Å²) in [5.41, 5.74) is 2.33. The number of nitro groups is 1. The van der Waals surface area contributed by atoms with E-state index in [1.165, 1.54) is 24.3 Å². The Morgan fingerprint density at radius 1 is 1.17 bits per heavy atom. The highest BCUT2D eigenvalue weighted by Crippen LogP contribution is 2.21. The van der Waals surface area contributed by atoms with E-state index >= 15 is 0 Å². The molecule has 2 aliphatic heterocycles. The summed E-state index contributed by atoms with van der Waals surface area (Å²) in [6.07, 6.45) is 10.4. The molecular weight excluding hydrogens is 368 g/mol. The standard InChI is InChI=1S/C22H16N4O3/c27-21(12-11-16-6-5-8-18(14-16)26(28)29)24-22-19-9-2-1-7-17(19)15-25-13-4-3-10-20(25)23-22/h1-14H,15H2/b12-11+,24-22?. The fourth-order valence-corrected chi connectivity index (χ4v) is 3.07. The van der Waals surface area contributed by atoms with Crippen molar-refractivity contribution in [1.29, 1.82) is 0 Å². The number of fused-ring (bicyclic) bond motifs is 2. The van der Waals surface area contributed by atoms with Crippen LogP contribution in [-0.2, 0) is 11.3 Å². The zero-order valence-electron chi connectivity index (χ0n) is 15.3. The first-order valence-electron chi connectivity index (χ1n) is 8.94. The average Bonchev–Trinajstić information content (AvgIpc) is 2.89. The van der Waals surface area contributed by atoms with Crippen LogP contribution in [0.1, 0.15) is 16.7 Å². The lowest BCUT2D eigenvalue weighted by Gasteiger charge is -2.20. The first-order valence-corrected chi connectivity index (χ1v) is 8.94. The van der Waals surface area contributed by atoms with Crippen LogP contribution in [0, 0.1) is 10.1 Å². The second kappa shape index (κ2) is 7.85. The number of allylic oxidation sites excluding steroid dienone is 2. The molecule has 0 spiro atoms. The molecule has 4 rings (SSSR count). The van der Waals surface area contributed by atoms with Gasteiger partial charge >= 0.3 is 0 Å². The molecule has 29 heavy (non-hydrogen) atoms. The number of rotatable bonds is 3. The molecule has 0 saturated heterocycles. The maximum absolute atomic E-state index is 12.5. The van der Waals surface area contributed by atoms with Crippen molar-refractivity contribution in [2.45, 2.75) is 6.54 Å². The molecule has 1 amide bonds. The van der Waals surface area contributed by atoms with Crippen molar-refractivity contribution in [3.05, 3.63) is 106 Å². The molecule has 0 saturated carbocycles. The van der Waals surface area contributed by atoms with Crippen LogP contribution in [0.3, 0.4) is 0 Å². The van der Waals surface area contributed by atoms with Gasteiger partial charge in [0.25, 0.3) is 11.6 Å². The molecule has 7 nitrogen and oxygen atoms in total. The molecule has 2 heterocycles. The number of nitro benzene ring substituents is 1. The highest BCUT2D eigenvalue weighted by Gasteiger charge is 2.20. The first kappa shape index (κ1) is 18.2. The van der Waals surface area contributed by atoms with Gasteiger partial charge in [0.15, 0.2) is 5.84 Å². The van der Waals surface area contributed by atoms with Crippen molar-refractivity contribution < 1.29 is 9.72 Å². The van der Waals surface area contributed by atoms with E-state index in [-0.39, 0.29) is 5.69 Å². The van der Waals surface area contributed by atoms with Crippen LogP contribution in [0.4, 0.5) is 5.69 Å². The molecule has 0 N–H and O–H groups in total. The third kappa shape index (κ3) is 4.08. The molecule has 0 fully saturated rings. The lowest BCUT2D eigenvalue weighted by molar-refractivity contribution is -0.384. The Bertz CT molecular complexity index is 1140. The molecule has 0 atom stereocenters. The number of amides is 1. The molecule has 2 aliphatic rings. The number of aliphatic imine (C=N–C) groups is 2. The third-order valence-electron chi connectivity index (χ3n) is 4.45. The number of nitrogens with zero attached hydrogens (tertiary/aromatic N) is 4. The Kier molecular flexibility index (Phi) is 4.94. The van der Waals surface area contributed by atoms with Crippen LogP contribution in [0.15, 0.2) is 89.0 Å². The summed E-state index contributed by atoms with van der Waals surface area (Å²) in [7, 11) is 0. The van der Waals surface area contributed by atoms with Gasteiger partial charge in [-0.3, -0.25) is 14.9 Å². The van der Waals surface area contributed by atoms with Crippen molar-refractivity contribution >= 4 is 29.3 Å². The van der Waals surface area contributed by atoms with Gasteiger partial charge in [-0.1, -0.05) is 42.5 Å². The summed E-state index contributed by atoms with van der Waals surface area (Å²) >= 11 is 0. The van der Waals surface area contributed by atoms with Gasteiger partial charge in [-0.05, 0) is 29.4 Å². The maximum atomic E-state index is 12.5. The topological polar surface area (TPSA) is 88.2 Å². The van der Waals surface area contributed by atoms with Crippen LogP contribution in [0.25, 0.3) is 6.08 Å². The second-order valence-corrected chi connectivity index (χ2v) is 6.41. The van der Waals surface area contributed by atoms with Gasteiger partial charge in [0.1, 0.15) is 5.84 Å². The van der Waals surface area contributed by atoms with Gasteiger partial charge < -0.3 is 4.90 Å². The average molecular weight is 384 g/mol. The molecule has 7 heteroatoms. The number of carbonyl (C=O) groups excluding carboxylic acids is 1. The predicted molar refractivity (Wildman–Crippen MR) is 111 cm³/mol.